The number of hydrogen-bond acceptors (Lipinski definition) is 2. The fourth-order valence-corrected chi connectivity index (χ4v) is 1.63. The summed E-state index contributed by atoms with van der Waals surface area (Å²) in [4.78, 5) is 0. The Morgan fingerprint density at radius 1 is 1.18 bits per heavy atom. The van der Waals surface area contributed by atoms with E-state index in [0.29, 0.717) is 5.92 Å². The molecule has 2 nitrogen and oxygen atoms in total. The van der Waals surface area contributed by atoms with Crippen molar-refractivity contribution in [3.05, 3.63) is 0 Å². The second kappa shape index (κ2) is 5.71. The Morgan fingerprint density at radius 2 is 1.76 bits per heavy atom. The molecule has 102 valence electrons. The minimum Gasteiger partial charge on any atom is -0.381 e. The molecule has 0 saturated heterocycles. The van der Waals surface area contributed by atoms with Crippen LogP contribution in [0.2, 0.25) is 0 Å². The van der Waals surface area contributed by atoms with E-state index in [0.717, 1.165) is 25.7 Å². The lowest BCUT2D eigenvalue weighted by Gasteiger charge is -2.36. The van der Waals surface area contributed by atoms with E-state index in [4.69, 9.17) is 4.74 Å². The lowest BCUT2D eigenvalue weighted by molar-refractivity contribution is 0.0183. The molecule has 0 aromatic carbocycles. The molecule has 1 aliphatic rings. The van der Waals surface area contributed by atoms with Crippen molar-refractivity contribution in [2.75, 3.05) is 19.8 Å². The normalized spacial score (nSPS) is 20.6. The molecule has 0 spiro atoms. The van der Waals surface area contributed by atoms with Crippen LogP contribution in [-0.2, 0) is 4.74 Å². The van der Waals surface area contributed by atoms with Gasteiger partial charge in [-0.15, -0.1) is 0 Å². The van der Waals surface area contributed by atoms with Crippen molar-refractivity contribution in [3.8, 4) is 0 Å². The molecule has 1 atom stereocenters. The molecule has 1 saturated carbocycles. The molecular formula is C15H31NO. The second-order valence-corrected chi connectivity index (χ2v) is 7.37. The molecule has 2 heteroatoms. The van der Waals surface area contributed by atoms with E-state index >= 15 is 0 Å². The maximum absolute atomic E-state index is 5.91. The highest BCUT2D eigenvalue weighted by atomic mass is 16.5. The van der Waals surface area contributed by atoms with Crippen LogP contribution in [0.25, 0.3) is 0 Å². The Balaban J connectivity index is 2.36. The monoisotopic (exact) mass is 241 g/mol. The minimum atomic E-state index is 0.187. The number of ether oxygens (including phenoxy) is 1. The highest BCUT2D eigenvalue weighted by Crippen LogP contribution is 2.31. The van der Waals surface area contributed by atoms with E-state index in [1.165, 1.54) is 12.8 Å². The Bertz CT molecular complexity index is 228. The Hall–Kier alpha value is -0.0800. The molecule has 17 heavy (non-hydrogen) atoms. The summed E-state index contributed by atoms with van der Waals surface area (Å²) in [5.41, 5.74) is 0.425. The lowest BCUT2D eigenvalue weighted by atomic mass is 9.79. The van der Waals surface area contributed by atoms with Crippen LogP contribution in [0.4, 0.5) is 0 Å². The van der Waals surface area contributed by atoms with Crippen molar-refractivity contribution in [3.63, 3.8) is 0 Å². The van der Waals surface area contributed by atoms with Crippen LogP contribution in [0.5, 0.6) is 0 Å². The molecule has 0 aromatic rings. The van der Waals surface area contributed by atoms with Crippen molar-refractivity contribution in [1.29, 1.82) is 0 Å². The standard InChI is InChI=1S/C15H31NO/c1-12(2)15(6,10-16-14(3,4)5)11-17-9-13-7-8-13/h12-13,16H,7-11H2,1-6H3. The van der Waals surface area contributed by atoms with Gasteiger partial charge in [-0.3, -0.25) is 0 Å². The van der Waals surface area contributed by atoms with Gasteiger partial charge in [-0.1, -0.05) is 20.8 Å². The van der Waals surface area contributed by atoms with Gasteiger partial charge in [-0.05, 0) is 45.4 Å². The zero-order valence-electron chi connectivity index (χ0n) is 12.6. The van der Waals surface area contributed by atoms with Gasteiger partial charge in [0, 0.05) is 24.1 Å². The first-order chi connectivity index (χ1) is 7.73. The zero-order chi connectivity index (χ0) is 13.1. The van der Waals surface area contributed by atoms with Gasteiger partial charge in [-0.25, -0.2) is 0 Å². The molecule has 0 heterocycles. The first-order valence-corrected chi connectivity index (χ1v) is 7.06. The van der Waals surface area contributed by atoms with Crippen LogP contribution in [0.1, 0.15) is 54.4 Å². The predicted octanol–water partition coefficient (Wildman–Crippen LogP) is 3.46. The van der Waals surface area contributed by atoms with Gasteiger partial charge in [-0.2, -0.15) is 0 Å². The smallest absolute Gasteiger partial charge is 0.0534 e. The molecule has 1 unspecified atom stereocenters. The molecule has 0 radical (unpaired) electrons. The van der Waals surface area contributed by atoms with Crippen molar-refractivity contribution in [1.82, 2.24) is 5.32 Å². The van der Waals surface area contributed by atoms with Crippen LogP contribution in [0, 0.1) is 17.3 Å². The lowest BCUT2D eigenvalue weighted by Crippen LogP contribution is -2.47. The van der Waals surface area contributed by atoms with E-state index in [9.17, 15) is 0 Å². The van der Waals surface area contributed by atoms with Gasteiger partial charge in [0.15, 0.2) is 0 Å². The zero-order valence-corrected chi connectivity index (χ0v) is 12.6. The van der Waals surface area contributed by atoms with Crippen LogP contribution in [-0.4, -0.2) is 25.3 Å². The molecule has 1 fully saturated rings. The van der Waals surface area contributed by atoms with Gasteiger partial charge < -0.3 is 10.1 Å². The summed E-state index contributed by atoms with van der Waals surface area (Å²) >= 11 is 0. The first kappa shape index (κ1) is 15.0. The number of nitrogens with one attached hydrogen (secondary N) is 1. The molecule has 0 aromatic heterocycles. The van der Waals surface area contributed by atoms with Gasteiger partial charge in [0.1, 0.15) is 0 Å². The molecular weight excluding hydrogens is 210 g/mol. The van der Waals surface area contributed by atoms with E-state index in [1.807, 2.05) is 0 Å². The highest BCUT2D eigenvalue weighted by molar-refractivity contribution is 4.84. The van der Waals surface area contributed by atoms with Crippen LogP contribution in [0.15, 0.2) is 0 Å². The predicted molar refractivity (Wildman–Crippen MR) is 74.2 cm³/mol. The number of hydrogen-bond donors (Lipinski definition) is 1. The third-order valence-electron chi connectivity index (χ3n) is 3.90. The van der Waals surface area contributed by atoms with Crippen molar-refractivity contribution in [2.45, 2.75) is 59.9 Å². The molecule has 1 N–H and O–H groups in total. The van der Waals surface area contributed by atoms with E-state index < -0.39 is 0 Å². The summed E-state index contributed by atoms with van der Waals surface area (Å²) in [6, 6.07) is 0. The van der Waals surface area contributed by atoms with Crippen LogP contribution in [0.3, 0.4) is 0 Å². The average molecular weight is 241 g/mol. The summed E-state index contributed by atoms with van der Waals surface area (Å²) < 4.78 is 5.91. The fraction of sp³-hybridized carbons (Fsp3) is 1.00. The third-order valence-corrected chi connectivity index (χ3v) is 3.90. The first-order valence-electron chi connectivity index (χ1n) is 7.06. The Morgan fingerprint density at radius 3 is 2.18 bits per heavy atom. The van der Waals surface area contributed by atoms with E-state index in [1.54, 1.807) is 0 Å². The van der Waals surface area contributed by atoms with Crippen molar-refractivity contribution >= 4 is 0 Å². The molecule has 1 rings (SSSR count). The summed E-state index contributed by atoms with van der Waals surface area (Å²) in [5.74, 6) is 1.50. The topological polar surface area (TPSA) is 21.3 Å². The van der Waals surface area contributed by atoms with Crippen molar-refractivity contribution in [2.24, 2.45) is 17.3 Å². The molecule has 0 amide bonds. The van der Waals surface area contributed by atoms with Gasteiger partial charge >= 0.3 is 0 Å². The molecule has 0 aliphatic heterocycles. The van der Waals surface area contributed by atoms with E-state index in [-0.39, 0.29) is 11.0 Å². The maximum Gasteiger partial charge on any atom is 0.0534 e. The summed E-state index contributed by atoms with van der Waals surface area (Å²) in [6.07, 6.45) is 2.75. The molecule has 0 bridgehead atoms. The Labute approximate surface area is 108 Å². The van der Waals surface area contributed by atoms with Crippen LogP contribution >= 0.6 is 0 Å². The second-order valence-electron chi connectivity index (χ2n) is 7.37. The SMILES string of the molecule is CC(C)C(C)(CNC(C)(C)C)COCC1CC1. The Kier molecular flexibility index (Phi) is 5.03. The van der Waals surface area contributed by atoms with Crippen LogP contribution < -0.4 is 5.32 Å². The summed E-state index contributed by atoms with van der Waals surface area (Å²) in [5, 5.41) is 3.62. The van der Waals surface area contributed by atoms with Gasteiger partial charge in [0.25, 0.3) is 0 Å². The van der Waals surface area contributed by atoms with Gasteiger partial charge in [0.2, 0.25) is 0 Å². The molecule has 1 aliphatic carbocycles. The summed E-state index contributed by atoms with van der Waals surface area (Å²) in [6.45, 7) is 16.5. The third kappa shape index (κ3) is 5.87. The van der Waals surface area contributed by atoms with E-state index in [2.05, 4.69) is 46.9 Å². The number of rotatable bonds is 7. The minimum absolute atomic E-state index is 0.187. The highest BCUT2D eigenvalue weighted by Gasteiger charge is 2.31. The maximum atomic E-state index is 5.91. The fourth-order valence-electron chi connectivity index (χ4n) is 1.63. The summed E-state index contributed by atoms with van der Waals surface area (Å²) in [7, 11) is 0. The largest absolute Gasteiger partial charge is 0.381 e. The quantitative estimate of drug-likeness (QED) is 0.737. The van der Waals surface area contributed by atoms with Gasteiger partial charge in [0.05, 0.1) is 6.61 Å². The average Bonchev–Trinajstić information content (AvgIpc) is 2.97. The van der Waals surface area contributed by atoms with Crippen molar-refractivity contribution < 1.29 is 4.74 Å².